The lowest BCUT2D eigenvalue weighted by molar-refractivity contribution is 0.0601. The molecule has 0 amide bonds. The lowest BCUT2D eigenvalue weighted by Gasteiger charge is -2.12. The number of fused-ring (bicyclic) bond motifs is 2. The fourth-order valence-corrected chi connectivity index (χ4v) is 5.99. The van der Waals surface area contributed by atoms with E-state index in [1.807, 2.05) is 0 Å². The maximum atomic E-state index is 12.7. The fourth-order valence-electron chi connectivity index (χ4n) is 4.30. The van der Waals surface area contributed by atoms with Gasteiger partial charge in [-0.05, 0) is 43.4 Å². The number of carbonyl (C=O) groups is 1. The van der Waals surface area contributed by atoms with Crippen LogP contribution in [0.15, 0.2) is 22.8 Å². The molecule has 0 N–H and O–H groups in total. The molecule has 0 aromatic carbocycles. The van der Waals surface area contributed by atoms with Gasteiger partial charge < -0.3 is 9.15 Å². The van der Waals surface area contributed by atoms with Gasteiger partial charge in [0.25, 0.3) is 0 Å². The minimum Gasteiger partial charge on any atom is -0.465 e. The van der Waals surface area contributed by atoms with E-state index in [1.54, 1.807) is 23.1 Å². The number of nitrogens with zero attached hydrogens (tertiary/aromatic N) is 3. The SMILES string of the molecule is COC(=O)c1c2c(nc3c1c(-c1ccco1)nn3[C@H]1CCS(=O)(=O)C1)CCC2. The molecule has 0 unspecified atom stereocenters. The van der Waals surface area contributed by atoms with Crippen LogP contribution in [0, 0.1) is 0 Å². The molecule has 0 radical (unpaired) electrons. The first-order valence-electron chi connectivity index (χ1n) is 9.25. The molecule has 3 aromatic heterocycles. The summed E-state index contributed by atoms with van der Waals surface area (Å²) in [5, 5.41) is 5.26. The molecule has 1 aliphatic carbocycles. The summed E-state index contributed by atoms with van der Waals surface area (Å²) in [7, 11) is -1.75. The summed E-state index contributed by atoms with van der Waals surface area (Å²) in [6, 6.07) is 3.21. The molecule has 2 aliphatic rings. The lowest BCUT2D eigenvalue weighted by atomic mass is 10.0. The molecule has 1 aliphatic heterocycles. The molecule has 0 bridgehead atoms. The standard InChI is InChI=1S/C19H19N3O5S/c1-26-19(23)15-12-4-2-5-13(12)20-18-16(15)17(14-6-3-8-27-14)21-22(18)11-7-9-28(24,25)10-11/h3,6,8,11H,2,4-5,7,9-10H2,1H3/t11-/m0/s1. The van der Waals surface area contributed by atoms with Crippen molar-refractivity contribution in [1.82, 2.24) is 14.8 Å². The second-order valence-corrected chi connectivity index (χ2v) is 9.51. The molecule has 1 fully saturated rings. The Morgan fingerprint density at radius 3 is 2.89 bits per heavy atom. The number of esters is 1. The molecule has 1 atom stereocenters. The Hall–Kier alpha value is -2.68. The first kappa shape index (κ1) is 17.4. The Balaban J connectivity index is 1.84. The van der Waals surface area contributed by atoms with E-state index in [2.05, 4.69) is 5.10 Å². The molecule has 1 saturated heterocycles. The van der Waals surface area contributed by atoms with Crippen molar-refractivity contribution in [1.29, 1.82) is 0 Å². The van der Waals surface area contributed by atoms with Gasteiger partial charge in [-0.15, -0.1) is 0 Å². The third kappa shape index (κ3) is 2.56. The van der Waals surface area contributed by atoms with E-state index in [0.29, 0.717) is 34.5 Å². The highest BCUT2D eigenvalue weighted by atomic mass is 32.2. The summed E-state index contributed by atoms with van der Waals surface area (Å²) in [6.07, 6.45) is 4.46. The van der Waals surface area contributed by atoms with Crippen LogP contribution in [0.2, 0.25) is 0 Å². The van der Waals surface area contributed by atoms with E-state index < -0.39 is 15.8 Å². The zero-order valence-corrected chi connectivity index (χ0v) is 16.2. The Bertz CT molecular complexity index is 1190. The van der Waals surface area contributed by atoms with Gasteiger partial charge in [0.05, 0.1) is 41.9 Å². The number of ether oxygens (including phenoxy) is 1. The lowest BCUT2D eigenvalue weighted by Crippen LogP contribution is -2.14. The molecule has 4 heterocycles. The number of rotatable bonds is 3. The van der Waals surface area contributed by atoms with Gasteiger partial charge in [0.1, 0.15) is 5.69 Å². The molecule has 28 heavy (non-hydrogen) atoms. The number of aryl methyl sites for hydroxylation is 1. The average Bonchev–Trinajstić information content (AvgIpc) is 3.44. The van der Waals surface area contributed by atoms with Gasteiger partial charge in [-0.3, -0.25) is 0 Å². The molecule has 3 aromatic rings. The fraction of sp³-hybridized carbons (Fsp3) is 0.421. The minimum atomic E-state index is -3.10. The van der Waals surface area contributed by atoms with Crippen LogP contribution >= 0.6 is 0 Å². The van der Waals surface area contributed by atoms with Crippen LogP contribution < -0.4 is 0 Å². The van der Waals surface area contributed by atoms with E-state index in [1.165, 1.54) is 7.11 Å². The van der Waals surface area contributed by atoms with Crippen LogP contribution in [0.3, 0.4) is 0 Å². The number of methoxy groups -OCH3 is 1. The molecule has 8 nitrogen and oxygen atoms in total. The molecule has 0 saturated carbocycles. The quantitative estimate of drug-likeness (QED) is 0.620. The van der Waals surface area contributed by atoms with Crippen molar-refractivity contribution in [3.05, 3.63) is 35.2 Å². The van der Waals surface area contributed by atoms with Crippen LogP contribution in [-0.2, 0) is 27.4 Å². The van der Waals surface area contributed by atoms with Gasteiger partial charge in [-0.25, -0.2) is 22.9 Å². The van der Waals surface area contributed by atoms with Gasteiger partial charge >= 0.3 is 5.97 Å². The predicted molar refractivity (Wildman–Crippen MR) is 101 cm³/mol. The van der Waals surface area contributed by atoms with Crippen LogP contribution in [0.25, 0.3) is 22.5 Å². The molecule has 146 valence electrons. The van der Waals surface area contributed by atoms with Crippen molar-refractivity contribution in [2.75, 3.05) is 18.6 Å². The van der Waals surface area contributed by atoms with Crippen molar-refractivity contribution >= 4 is 26.8 Å². The van der Waals surface area contributed by atoms with Crippen molar-refractivity contribution in [3.63, 3.8) is 0 Å². The van der Waals surface area contributed by atoms with Crippen molar-refractivity contribution in [2.24, 2.45) is 0 Å². The van der Waals surface area contributed by atoms with E-state index in [9.17, 15) is 13.2 Å². The second kappa shape index (κ2) is 6.16. The van der Waals surface area contributed by atoms with Gasteiger partial charge in [0.2, 0.25) is 0 Å². The first-order chi connectivity index (χ1) is 13.5. The molecule has 9 heteroatoms. The van der Waals surface area contributed by atoms with E-state index in [0.717, 1.165) is 30.5 Å². The summed E-state index contributed by atoms with van der Waals surface area (Å²) >= 11 is 0. The summed E-state index contributed by atoms with van der Waals surface area (Å²) in [6.45, 7) is 0. The van der Waals surface area contributed by atoms with Crippen LogP contribution in [0.4, 0.5) is 0 Å². The minimum absolute atomic E-state index is 0.0215. The zero-order chi connectivity index (χ0) is 19.5. The number of furan rings is 1. The molecule has 5 rings (SSSR count). The largest absolute Gasteiger partial charge is 0.465 e. The summed E-state index contributed by atoms with van der Waals surface area (Å²) in [5.74, 6) is 0.226. The van der Waals surface area contributed by atoms with Crippen molar-refractivity contribution in [2.45, 2.75) is 31.7 Å². The Kier molecular flexibility index (Phi) is 3.84. The maximum Gasteiger partial charge on any atom is 0.339 e. The predicted octanol–water partition coefficient (Wildman–Crippen LogP) is 2.33. The Morgan fingerprint density at radius 1 is 1.36 bits per heavy atom. The normalized spacial score (nSPS) is 20.5. The summed E-state index contributed by atoms with van der Waals surface area (Å²) in [5.41, 5.74) is 3.24. The first-order valence-corrected chi connectivity index (χ1v) is 11.1. The highest BCUT2D eigenvalue weighted by Gasteiger charge is 2.35. The van der Waals surface area contributed by atoms with Crippen LogP contribution in [0.5, 0.6) is 0 Å². The maximum absolute atomic E-state index is 12.7. The second-order valence-electron chi connectivity index (χ2n) is 7.28. The highest BCUT2D eigenvalue weighted by Crippen LogP contribution is 2.38. The topological polar surface area (TPSA) is 104 Å². The molecular formula is C19H19N3O5S. The number of hydrogen-bond donors (Lipinski definition) is 0. The number of aromatic nitrogens is 3. The average molecular weight is 401 g/mol. The summed E-state index contributed by atoms with van der Waals surface area (Å²) < 4.78 is 36.4. The van der Waals surface area contributed by atoms with E-state index in [-0.39, 0.29) is 17.5 Å². The van der Waals surface area contributed by atoms with Crippen LogP contribution in [0.1, 0.15) is 40.5 Å². The van der Waals surface area contributed by atoms with Crippen molar-refractivity contribution in [3.8, 4) is 11.5 Å². The zero-order valence-electron chi connectivity index (χ0n) is 15.3. The van der Waals surface area contributed by atoms with Gasteiger partial charge in [0, 0.05) is 5.69 Å². The number of sulfone groups is 1. The Labute approximate surface area is 161 Å². The molecular weight excluding hydrogens is 382 g/mol. The monoisotopic (exact) mass is 401 g/mol. The van der Waals surface area contributed by atoms with Gasteiger partial charge in [-0.1, -0.05) is 0 Å². The number of carbonyl (C=O) groups excluding carboxylic acids is 1. The highest BCUT2D eigenvalue weighted by molar-refractivity contribution is 7.91. The molecule has 0 spiro atoms. The van der Waals surface area contributed by atoms with Crippen LogP contribution in [-0.4, -0.2) is 47.8 Å². The van der Waals surface area contributed by atoms with E-state index in [4.69, 9.17) is 14.1 Å². The summed E-state index contributed by atoms with van der Waals surface area (Å²) in [4.78, 5) is 17.5. The Morgan fingerprint density at radius 2 is 2.21 bits per heavy atom. The van der Waals surface area contributed by atoms with E-state index >= 15 is 0 Å². The number of hydrogen-bond acceptors (Lipinski definition) is 7. The third-order valence-electron chi connectivity index (χ3n) is 5.56. The smallest absolute Gasteiger partial charge is 0.339 e. The van der Waals surface area contributed by atoms with Gasteiger partial charge in [-0.2, -0.15) is 5.10 Å². The third-order valence-corrected chi connectivity index (χ3v) is 7.32. The van der Waals surface area contributed by atoms with Crippen molar-refractivity contribution < 1.29 is 22.4 Å². The number of pyridine rings is 1. The van der Waals surface area contributed by atoms with Gasteiger partial charge in [0.15, 0.2) is 21.2 Å².